The Balaban J connectivity index is 1.81. The smallest absolute Gasteiger partial charge is 0.273 e. The van der Waals surface area contributed by atoms with Crippen molar-refractivity contribution in [2.45, 2.75) is 18.4 Å². The number of fused-ring (bicyclic) bond motifs is 1. The summed E-state index contributed by atoms with van der Waals surface area (Å²) in [6.07, 6.45) is 0. The van der Waals surface area contributed by atoms with Crippen LogP contribution in [0.3, 0.4) is 0 Å². The number of hydrogen-bond acceptors (Lipinski definition) is 5. The van der Waals surface area contributed by atoms with Crippen LogP contribution in [0.25, 0.3) is 5.78 Å². The standard InChI is InChI=1S/C19H17N5O3S/c1-14-12-18(25)24-19(20-14)21-17(22-24)13-23(15-8-4-2-5-9-15)28(26,27)16-10-6-3-7-11-16/h2-12H,13H2,1H3,(H,20,21,22). The Morgan fingerprint density at radius 1 is 1.00 bits per heavy atom. The van der Waals surface area contributed by atoms with Crippen LogP contribution >= 0.6 is 0 Å². The molecule has 0 fully saturated rings. The number of aromatic amines is 1. The molecule has 4 rings (SSSR count). The summed E-state index contributed by atoms with van der Waals surface area (Å²) in [7, 11) is -3.84. The van der Waals surface area contributed by atoms with Gasteiger partial charge in [0.05, 0.1) is 17.1 Å². The van der Waals surface area contributed by atoms with Crippen LogP contribution in [0.2, 0.25) is 0 Å². The fourth-order valence-electron chi connectivity index (χ4n) is 2.87. The van der Waals surface area contributed by atoms with E-state index in [1.807, 2.05) is 6.07 Å². The summed E-state index contributed by atoms with van der Waals surface area (Å²) < 4.78 is 29.0. The van der Waals surface area contributed by atoms with Gasteiger partial charge < -0.3 is 0 Å². The van der Waals surface area contributed by atoms with Gasteiger partial charge in [0.15, 0.2) is 0 Å². The Morgan fingerprint density at radius 2 is 1.64 bits per heavy atom. The van der Waals surface area contributed by atoms with E-state index in [2.05, 4.69) is 15.1 Å². The molecule has 0 aliphatic carbocycles. The number of sulfonamides is 1. The molecule has 4 aromatic rings. The van der Waals surface area contributed by atoms with E-state index in [0.717, 1.165) is 0 Å². The van der Waals surface area contributed by atoms with E-state index < -0.39 is 10.0 Å². The summed E-state index contributed by atoms with van der Waals surface area (Å²) in [5, 5.41) is 2.84. The number of rotatable bonds is 5. The van der Waals surface area contributed by atoms with Crippen molar-refractivity contribution in [1.82, 2.24) is 19.6 Å². The summed E-state index contributed by atoms with van der Waals surface area (Å²) in [4.78, 5) is 20.8. The fraction of sp³-hybridized carbons (Fsp3) is 0.105. The van der Waals surface area contributed by atoms with Gasteiger partial charge in [-0.1, -0.05) is 36.4 Å². The van der Waals surface area contributed by atoms with Crippen molar-refractivity contribution in [2.24, 2.45) is 0 Å². The van der Waals surface area contributed by atoms with Crippen LogP contribution in [0, 0.1) is 6.92 Å². The average molecular weight is 395 g/mol. The second kappa shape index (κ2) is 6.93. The van der Waals surface area contributed by atoms with E-state index in [4.69, 9.17) is 0 Å². The molecule has 9 heteroatoms. The van der Waals surface area contributed by atoms with Gasteiger partial charge in [-0.25, -0.2) is 13.4 Å². The lowest BCUT2D eigenvalue weighted by atomic mass is 10.3. The molecule has 2 aromatic heterocycles. The monoisotopic (exact) mass is 395 g/mol. The minimum absolute atomic E-state index is 0.0803. The first-order chi connectivity index (χ1) is 13.4. The van der Waals surface area contributed by atoms with Gasteiger partial charge in [0.25, 0.3) is 21.4 Å². The molecule has 142 valence electrons. The molecule has 0 saturated carbocycles. The maximum Gasteiger partial charge on any atom is 0.274 e. The molecule has 2 aromatic carbocycles. The van der Waals surface area contributed by atoms with Crippen molar-refractivity contribution >= 4 is 21.5 Å². The Labute approximate surface area is 161 Å². The van der Waals surface area contributed by atoms with Gasteiger partial charge in [0.1, 0.15) is 5.82 Å². The highest BCUT2D eigenvalue weighted by Crippen LogP contribution is 2.25. The van der Waals surface area contributed by atoms with Crippen LogP contribution in [0.15, 0.2) is 76.4 Å². The van der Waals surface area contributed by atoms with Gasteiger partial charge in [-0.05, 0) is 31.2 Å². The molecule has 0 bridgehead atoms. The number of H-pyrrole nitrogens is 1. The highest BCUT2D eigenvalue weighted by atomic mass is 32.2. The number of aromatic nitrogens is 4. The summed E-state index contributed by atoms with van der Waals surface area (Å²) in [6, 6.07) is 18.3. The Kier molecular flexibility index (Phi) is 4.44. The van der Waals surface area contributed by atoms with Gasteiger partial charge in [-0.2, -0.15) is 9.50 Å². The zero-order valence-corrected chi connectivity index (χ0v) is 15.8. The van der Waals surface area contributed by atoms with E-state index in [9.17, 15) is 13.2 Å². The number of para-hydroxylation sites is 1. The number of benzene rings is 2. The predicted octanol–water partition coefficient (Wildman–Crippen LogP) is 2.12. The minimum Gasteiger partial charge on any atom is -0.273 e. The van der Waals surface area contributed by atoms with Crippen LogP contribution in [-0.2, 0) is 16.6 Å². The van der Waals surface area contributed by atoms with Crippen LogP contribution in [0.4, 0.5) is 5.69 Å². The van der Waals surface area contributed by atoms with E-state index in [1.54, 1.807) is 61.5 Å². The third-order valence-electron chi connectivity index (χ3n) is 4.17. The topological polar surface area (TPSA) is 100 Å². The second-order valence-corrected chi connectivity index (χ2v) is 8.06. The molecule has 0 aliphatic heterocycles. The van der Waals surface area contributed by atoms with Crippen LogP contribution in [0.5, 0.6) is 0 Å². The normalized spacial score (nSPS) is 11.6. The molecule has 0 amide bonds. The van der Waals surface area contributed by atoms with E-state index in [0.29, 0.717) is 17.2 Å². The van der Waals surface area contributed by atoms with Gasteiger partial charge in [0.2, 0.25) is 0 Å². The number of nitrogens with one attached hydrogen (secondary N) is 1. The van der Waals surface area contributed by atoms with E-state index in [1.165, 1.54) is 14.9 Å². The van der Waals surface area contributed by atoms with Crippen LogP contribution in [0.1, 0.15) is 11.5 Å². The molecule has 0 radical (unpaired) electrons. The number of hydrogen-bond donors (Lipinski definition) is 1. The SMILES string of the molecule is Cc1cc(=O)n2[nH]c(CN(c3ccccc3)S(=O)(=O)c3ccccc3)nc2n1. The lowest BCUT2D eigenvalue weighted by molar-refractivity contribution is 0.589. The molecule has 1 N–H and O–H groups in total. The van der Waals surface area contributed by atoms with Crippen molar-refractivity contribution in [1.29, 1.82) is 0 Å². The highest BCUT2D eigenvalue weighted by molar-refractivity contribution is 7.92. The first kappa shape index (κ1) is 17.9. The second-order valence-electron chi connectivity index (χ2n) is 6.20. The van der Waals surface area contributed by atoms with Crippen molar-refractivity contribution in [3.8, 4) is 0 Å². The highest BCUT2D eigenvalue weighted by Gasteiger charge is 2.26. The summed E-state index contributed by atoms with van der Waals surface area (Å²) in [6.45, 7) is 1.62. The molecular formula is C19H17N5O3S. The van der Waals surface area contributed by atoms with Crippen molar-refractivity contribution in [3.05, 3.63) is 88.6 Å². The Hall–Kier alpha value is -3.46. The Bertz CT molecular complexity index is 1280. The molecule has 8 nitrogen and oxygen atoms in total. The number of nitrogens with zero attached hydrogens (tertiary/aromatic N) is 4. The maximum atomic E-state index is 13.3. The number of anilines is 1. The molecule has 28 heavy (non-hydrogen) atoms. The van der Waals surface area contributed by atoms with E-state index in [-0.39, 0.29) is 22.8 Å². The number of aryl methyl sites for hydroxylation is 1. The lowest BCUT2D eigenvalue weighted by Crippen LogP contribution is -2.31. The van der Waals surface area contributed by atoms with Gasteiger partial charge in [-0.3, -0.25) is 14.2 Å². The largest absolute Gasteiger partial charge is 0.274 e. The van der Waals surface area contributed by atoms with Crippen molar-refractivity contribution in [3.63, 3.8) is 0 Å². The van der Waals surface area contributed by atoms with Crippen LogP contribution < -0.4 is 9.86 Å². The molecule has 2 heterocycles. The third-order valence-corrected chi connectivity index (χ3v) is 5.96. The zero-order valence-electron chi connectivity index (χ0n) is 15.0. The first-order valence-electron chi connectivity index (χ1n) is 8.53. The zero-order chi connectivity index (χ0) is 19.7. The van der Waals surface area contributed by atoms with Crippen molar-refractivity contribution in [2.75, 3.05) is 4.31 Å². The Morgan fingerprint density at radius 3 is 2.32 bits per heavy atom. The molecular weight excluding hydrogens is 378 g/mol. The van der Waals surface area contributed by atoms with Crippen molar-refractivity contribution < 1.29 is 8.42 Å². The van der Waals surface area contributed by atoms with E-state index >= 15 is 0 Å². The quantitative estimate of drug-likeness (QED) is 0.558. The third kappa shape index (κ3) is 3.27. The lowest BCUT2D eigenvalue weighted by Gasteiger charge is -2.23. The predicted molar refractivity (Wildman–Crippen MR) is 105 cm³/mol. The van der Waals surface area contributed by atoms with Gasteiger partial charge >= 0.3 is 0 Å². The summed E-state index contributed by atoms with van der Waals surface area (Å²) >= 11 is 0. The molecule has 0 spiro atoms. The summed E-state index contributed by atoms with van der Waals surface area (Å²) in [5.41, 5.74) is 0.724. The maximum absolute atomic E-state index is 13.3. The minimum atomic E-state index is -3.84. The molecule has 0 unspecified atom stereocenters. The van der Waals surface area contributed by atoms with Gasteiger partial charge in [-0.15, -0.1) is 0 Å². The molecule has 0 atom stereocenters. The van der Waals surface area contributed by atoms with Crippen LogP contribution in [-0.4, -0.2) is 28.0 Å². The average Bonchev–Trinajstić information content (AvgIpc) is 3.10. The molecule has 0 saturated heterocycles. The first-order valence-corrected chi connectivity index (χ1v) is 9.97. The molecule has 0 aliphatic rings. The summed E-state index contributed by atoms with van der Waals surface area (Å²) in [5.74, 6) is 0.503. The van der Waals surface area contributed by atoms with Gasteiger partial charge in [0, 0.05) is 11.8 Å². The fourth-order valence-corrected chi connectivity index (χ4v) is 4.32.